The van der Waals surface area contributed by atoms with Gasteiger partial charge in [-0.3, -0.25) is 25.2 Å². The quantitative estimate of drug-likeness (QED) is 0.593. The van der Waals surface area contributed by atoms with Crippen molar-refractivity contribution in [2.45, 2.75) is 6.92 Å². The maximum Gasteiger partial charge on any atom is 0.280 e. The number of amides is 2. The van der Waals surface area contributed by atoms with Crippen molar-refractivity contribution in [2.24, 2.45) is 7.05 Å². The Kier molecular flexibility index (Phi) is 4.24. The number of thiophene rings is 1. The number of hydrogen-bond acceptors (Lipinski definition) is 6. The average Bonchev–Trinajstić information content (AvgIpc) is 2.93. The monoisotopic (exact) mass is 358 g/mol. The Morgan fingerprint density at radius 2 is 1.96 bits per heavy atom. The molecular weight excluding hydrogens is 344 g/mol. The number of carbonyl (C=O) groups is 2. The zero-order valence-corrected chi connectivity index (χ0v) is 14.2. The van der Waals surface area contributed by atoms with E-state index in [9.17, 15) is 19.5 Å². The van der Waals surface area contributed by atoms with E-state index in [4.69, 9.17) is 0 Å². The summed E-state index contributed by atoms with van der Waals surface area (Å²) < 4.78 is 1.34. The number of phenolic OH excluding ortho intramolecular Hbond substituents is 1. The van der Waals surface area contributed by atoms with Crippen LogP contribution in [0.1, 0.15) is 25.6 Å². The number of nitrogens with one attached hydrogen (secondary N) is 2. The van der Waals surface area contributed by atoms with Gasteiger partial charge in [0.25, 0.3) is 17.4 Å². The summed E-state index contributed by atoms with van der Waals surface area (Å²) in [4.78, 5) is 41.4. The molecule has 3 rings (SSSR count). The number of phenols is 1. The Labute approximate surface area is 145 Å². The van der Waals surface area contributed by atoms with Crippen molar-refractivity contribution in [2.75, 3.05) is 0 Å². The fourth-order valence-electron chi connectivity index (χ4n) is 2.32. The minimum atomic E-state index is -0.572. The molecule has 0 radical (unpaired) electrons. The molecule has 0 spiro atoms. The summed E-state index contributed by atoms with van der Waals surface area (Å²) in [5.41, 5.74) is 5.06. The normalized spacial score (nSPS) is 10.6. The summed E-state index contributed by atoms with van der Waals surface area (Å²) in [6, 6.07) is 5.73. The summed E-state index contributed by atoms with van der Waals surface area (Å²) in [6.45, 7) is 1.66. The number of aryl methyl sites for hydroxylation is 2. The van der Waals surface area contributed by atoms with E-state index in [0.29, 0.717) is 20.7 Å². The van der Waals surface area contributed by atoms with Gasteiger partial charge in [-0.05, 0) is 30.7 Å². The highest BCUT2D eigenvalue weighted by atomic mass is 32.1. The van der Waals surface area contributed by atoms with E-state index < -0.39 is 11.8 Å². The van der Waals surface area contributed by atoms with Crippen LogP contribution >= 0.6 is 11.3 Å². The molecule has 128 valence electrons. The highest BCUT2D eigenvalue weighted by Crippen LogP contribution is 2.26. The zero-order chi connectivity index (χ0) is 18.1. The smallest absolute Gasteiger partial charge is 0.280 e. The lowest BCUT2D eigenvalue weighted by atomic mass is 10.2. The van der Waals surface area contributed by atoms with Crippen molar-refractivity contribution in [3.05, 3.63) is 57.0 Å². The van der Waals surface area contributed by atoms with Crippen LogP contribution in [0, 0.1) is 6.92 Å². The lowest BCUT2D eigenvalue weighted by Crippen LogP contribution is -2.41. The molecule has 9 heteroatoms. The van der Waals surface area contributed by atoms with Gasteiger partial charge < -0.3 is 9.67 Å². The fourth-order valence-corrected chi connectivity index (χ4v) is 3.35. The van der Waals surface area contributed by atoms with Gasteiger partial charge in [-0.25, -0.2) is 4.98 Å². The first kappa shape index (κ1) is 16.7. The van der Waals surface area contributed by atoms with Gasteiger partial charge >= 0.3 is 0 Å². The highest BCUT2D eigenvalue weighted by molar-refractivity contribution is 7.20. The van der Waals surface area contributed by atoms with E-state index >= 15 is 0 Å². The zero-order valence-electron chi connectivity index (χ0n) is 13.4. The van der Waals surface area contributed by atoms with E-state index in [1.165, 1.54) is 35.2 Å². The van der Waals surface area contributed by atoms with Crippen LogP contribution in [0.4, 0.5) is 0 Å². The SMILES string of the molecule is Cc1c(C(=O)NNC(=O)c2cccc(O)c2)sc2ncn(C)c(=O)c12. The number of benzene rings is 1. The minimum Gasteiger partial charge on any atom is -0.508 e. The Morgan fingerprint density at radius 1 is 1.24 bits per heavy atom. The molecule has 2 amide bonds. The second kappa shape index (κ2) is 6.36. The third-order valence-electron chi connectivity index (χ3n) is 3.61. The summed E-state index contributed by atoms with van der Waals surface area (Å²) in [5, 5.41) is 9.77. The Bertz CT molecular complexity index is 1050. The Morgan fingerprint density at radius 3 is 2.68 bits per heavy atom. The molecule has 0 aliphatic rings. The van der Waals surface area contributed by atoms with Crippen LogP contribution in [0.25, 0.3) is 10.2 Å². The predicted molar refractivity (Wildman–Crippen MR) is 92.6 cm³/mol. The molecule has 0 saturated carbocycles. The van der Waals surface area contributed by atoms with Crippen LogP contribution < -0.4 is 16.4 Å². The second-order valence-electron chi connectivity index (χ2n) is 5.36. The van der Waals surface area contributed by atoms with Crippen LogP contribution in [-0.2, 0) is 7.05 Å². The van der Waals surface area contributed by atoms with E-state index in [0.717, 1.165) is 11.3 Å². The third kappa shape index (κ3) is 3.09. The van der Waals surface area contributed by atoms with Crippen LogP contribution in [0.15, 0.2) is 35.4 Å². The summed E-state index contributed by atoms with van der Waals surface area (Å²) in [5.74, 6) is -1.17. The minimum absolute atomic E-state index is 0.0544. The van der Waals surface area contributed by atoms with Gasteiger partial charge in [0.05, 0.1) is 16.6 Å². The highest BCUT2D eigenvalue weighted by Gasteiger charge is 2.19. The molecule has 25 heavy (non-hydrogen) atoms. The topological polar surface area (TPSA) is 113 Å². The molecule has 0 aliphatic heterocycles. The summed E-state index contributed by atoms with van der Waals surface area (Å²) >= 11 is 1.08. The van der Waals surface area contributed by atoms with Gasteiger partial charge in [-0.1, -0.05) is 6.07 Å². The standard InChI is InChI=1S/C16H14N4O4S/c1-8-11-15(17-7-20(2)16(11)24)25-12(8)14(23)19-18-13(22)9-4-3-5-10(21)6-9/h3-7,21H,1-2H3,(H,18,22)(H,19,23). The number of hydrazine groups is 1. The van der Waals surface area contributed by atoms with Crippen molar-refractivity contribution in [3.8, 4) is 5.75 Å². The number of nitrogens with zero attached hydrogens (tertiary/aromatic N) is 2. The van der Waals surface area contributed by atoms with Crippen LogP contribution in [-0.4, -0.2) is 26.5 Å². The van der Waals surface area contributed by atoms with Crippen molar-refractivity contribution in [1.29, 1.82) is 0 Å². The molecule has 3 aromatic rings. The molecule has 0 bridgehead atoms. The molecule has 0 saturated heterocycles. The summed E-state index contributed by atoms with van der Waals surface area (Å²) in [7, 11) is 1.58. The van der Waals surface area contributed by atoms with Gasteiger partial charge in [-0.15, -0.1) is 11.3 Å². The van der Waals surface area contributed by atoms with Gasteiger partial charge in [0.15, 0.2) is 0 Å². The van der Waals surface area contributed by atoms with Crippen LogP contribution in [0.2, 0.25) is 0 Å². The molecule has 0 aliphatic carbocycles. The molecule has 8 nitrogen and oxygen atoms in total. The molecule has 1 aromatic carbocycles. The molecule has 3 N–H and O–H groups in total. The van der Waals surface area contributed by atoms with E-state index in [2.05, 4.69) is 15.8 Å². The van der Waals surface area contributed by atoms with Crippen molar-refractivity contribution >= 4 is 33.4 Å². The summed E-state index contributed by atoms with van der Waals surface area (Å²) in [6.07, 6.45) is 1.39. The second-order valence-corrected chi connectivity index (χ2v) is 6.35. The predicted octanol–water partition coefficient (Wildman–Crippen LogP) is 1.08. The fraction of sp³-hybridized carbons (Fsp3) is 0.125. The maximum absolute atomic E-state index is 12.3. The van der Waals surface area contributed by atoms with Gasteiger partial charge in [0, 0.05) is 12.6 Å². The molecule has 0 unspecified atom stereocenters. The first-order valence-corrected chi connectivity index (χ1v) is 8.04. The molecule has 0 atom stereocenters. The third-order valence-corrected chi connectivity index (χ3v) is 4.81. The van der Waals surface area contributed by atoms with Gasteiger partial charge in [0.2, 0.25) is 0 Å². The van der Waals surface area contributed by atoms with Crippen molar-refractivity contribution in [1.82, 2.24) is 20.4 Å². The van der Waals surface area contributed by atoms with Crippen molar-refractivity contribution in [3.63, 3.8) is 0 Å². The van der Waals surface area contributed by atoms with Crippen molar-refractivity contribution < 1.29 is 14.7 Å². The number of carbonyl (C=O) groups excluding carboxylic acids is 2. The van der Waals surface area contributed by atoms with E-state index in [-0.39, 0.29) is 16.9 Å². The van der Waals surface area contributed by atoms with E-state index in [1.54, 1.807) is 14.0 Å². The average molecular weight is 358 g/mol. The first-order valence-electron chi connectivity index (χ1n) is 7.23. The maximum atomic E-state index is 12.3. The number of hydrogen-bond donors (Lipinski definition) is 3. The number of aromatic nitrogens is 2. The largest absolute Gasteiger partial charge is 0.508 e. The molecule has 0 fully saturated rings. The van der Waals surface area contributed by atoms with Gasteiger partial charge in [-0.2, -0.15) is 0 Å². The number of rotatable bonds is 2. The van der Waals surface area contributed by atoms with Crippen LogP contribution in [0.3, 0.4) is 0 Å². The van der Waals surface area contributed by atoms with Gasteiger partial charge in [0.1, 0.15) is 10.6 Å². The lowest BCUT2D eigenvalue weighted by molar-refractivity contribution is 0.0848. The van der Waals surface area contributed by atoms with E-state index in [1.807, 2.05) is 0 Å². The lowest BCUT2D eigenvalue weighted by Gasteiger charge is -2.07. The Hall–Kier alpha value is -3.20. The molecular formula is C16H14N4O4S. The van der Waals surface area contributed by atoms with Crippen LogP contribution in [0.5, 0.6) is 5.75 Å². The molecule has 2 aromatic heterocycles. The Balaban J connectivity index is 1.81. The first-order chi connectivity index (χ1) is 11.9. The number of fused-ring (bicyclic) bond motifs is 1. The number of aromatic hydroxyl groups is 1. The molecule has 2 heterocycles.